The van der Waals surface area contributed by atoms with Crippen LogP contribution in [-0.2, 0) is 0 Å². The average Bonchev–Trinajstić information content (AvgIpc) is 2.78. The van der Waals surface area contributed by atoms with Crippen LogP contribution in [0.5, 0.6) is 0 Å². The number of benzene rings is 2. The second kappa shape index (κ2) is 4.03. The molecule has 0 aliphatic rings. The first-order chi connectivity index (χ1) is 8.66. The number of nitrogens with one attached hydrogen (secondary N) is 1. The Bertz CT molecular complexity index is 731. The third-order valence-corrected chi connectivity index (χ3v) is 3.48. The highest BCUT2D eigenvalue weighted by Crippen LogP contribution is 2.29. The molecular formula is C14H12ClN3. The number of aromatic nitrogens is 2. The monoisotopic (exact) mass is 257 g/mol. The van der Waals surface area contributed by atoms with Crippen LogP contribution in [-0.4, -0.2) is 9.97 Å². The van der Waals surface area contributed by atoms with Crippen LogP contribution in [0.1, 0.15) is 5.56 Å². The summed E-state index contributed by atoms with van der Waals surface area (Å²) in [5, 5.41) is 0.737. The highest BCUT2D eigenvalue weighted by Gasteiger charge is 2.10. The van der Waals surface area contributed by atoms with Crippen molar-refractivity contribution in [3.05, 3.63) is 47.0 Å². The van der Waals surface area contributed by atoms with E-state index in [9.17, 15) is 0 Å². The third-order valence-electron chi connectivity index (χ3n) is 3.07. The van der Waals surface area contributed by atoms with Crippen LogP contribution in [0.4, 0.5) is 5.69 Å². The maximum absolute atomic E-state index is 6.13. The van der Waals surface area contributed by atoms with Gasteiger partial charge < -0.3 is 10.7 Å². The molecule has 0 aliphatic carbocycles. The largest absolute Gasteiger partial charge is 0.397 e. The number of hydrogen-bond acceptors (Lipinski definition) is 2. The molecule has 0 bridgehead atoms. The fraction of sp³-hybridized carbons (Fsp3) is 0.0714. The first kappa shape index (κ1) is 11.1. The minimum Gasteiger partial charge on any atom is -0.397 e. The molecule has 4 heteroatoms. The Hall–Kier alpha value is -2.00. The SMILES string of the molecule is Cc1c(Cl)cccc1-c1nc2c(N)cccc2[nH]1. The molecule has 3 aromatic rings. The number of anilines is 1. The average molecular weight is 258 g/mol. The van der Waals surface area contributed by atoms with E-state index in [0.29, 0.717) is 5.69 Å². The summed E-state index contributed by atoms with van der Waals surface area (Å²) in [5.74, 6) is 0.794. The predicted molar refractivity (Wildman–Crippen MR) is 75.7 cm³/mol. The van der Waals surface area contributed by atoms with Gasteiger partial charge in [-0.3, -0.25) is 0 Å². The predicted octanol–water partition coefficient (Wildman–Crippen LogP) is 3.77. The Morgan fingerprint density at radius 3 is 2.72 bits per heavy atom. The Balaban J connectivity index is 2.26. The molecule has 3 rings (SSSR count). The normalized spacial score (nSPS) is 11.0. The number of fused-ring (bicyclic) bond motifs is 1. The number of aromatic amines is 1. The Labute approximate surface area is 110 Å². The summed E-state index contributed by atoms with van der Waals surface area (Å²) in [6, 6.07) is 11.5. The van der Waals surface area contributed by atoms with Crippen LogP contribution in [0.15, 0.2) is 36.4 Å². The van der Waals surface area contributed by atoms with Crippen molar-refractivity contribution in [1.29, 1.82) is 0 Å². The van der Waals surface area contributed by atoms with Crippen molar-refractivity contribution in [2.75, 3.05) is 5.73 Å². The first-order valence-corrected chi connectivity index (χ1v) is 6.04. The van der Waals surface area contributed by atoms with Crippen molar-refractivity contribution in [2.24, 2.45) is 0 Å². The van der Waals surface area contributed by atoms with E-state index in [-0.39, 0.29) is 0 Å². The van der Waals surface area contributed by atoms with E-state index in [4.69, 9.17) is 17.3 Å². The lowest BCUT2D eigenvalue weighted by atomic mass is 10.1. The van der Waals surface area contributed by atoms with Gasteiger partial charge in [0.05, 0.1) is 11.2 Å². The second-order valence-electron chi connectivity index (χ2n) is 4.24. The fourth-order valence-electron chi connectivity index (χ4n) is 2.05. The van der Waals surface area contributed by atoms with Crippen molar-refractivity contribution in [3.63, 3.8) is 0 Å². The van der Waals surface area contributed by atoms with Gasteiger partial charge in [-0.2, -0.15) is 0 Å². The first-order valence-electron chi connectivity index (χ1n) is 5.66. The second-order valence-corrected chi connectivity index (χ2v) is 4.65. The van der Waals surface area contributed by atoms with Crippen LogP contribution in [0.3, 0.4) is 0 Å². The van der Waals surface area contributed by atoms with Crippen molar-refractivity contribution in [1.82, 2.24) is 9.97 Å². The van der Waals surface area contributed by atoms with E-state index in [1.54, 1.807) is 0 Å². The number of imidazole rings is 1. The van der Waals surface area contributed by atoms with Crippen LogP contribution < -0.4 is 5.73 Å². The van der Waals surface area contributed by atoms with Crippen molar-refractivity contribution in [2.45, 2.75) is 6.92 Å². The van der Waals surface area contributed by atoms with E-state index in [1.165, 1.54) is 0 Å². The van der Waals surface area contributed by atoms with E-state index in [0.717, 1.165) is 33.0 Å². The summed E-state index contributed by atoms with van der Waals surface area (Å²) >= 11 is 6.13. The van der Waals surface area contributed by atoms with Crippen LogP contribution in [0.25, 0.3) is 22.4 Å². The molecular weight excluding hydrogens is 246 g/mol. The highest BCUT2D eigenvalue weighted by molar-refractivity contribution is 6.31. The van der Waals surface area contributed by atoms with E-state index in [1.807, 2.05) is 43.3 Å². The van der Waals surface area contributed by atoms with Gasteiger partial charge in [-0.1, -0.05) is 29.8 Å². The number of rotatable bonds is 1. The van der Waals surface area contributed by atoms with Gasteiger partial charge in [0.2, 0.25) is 0 Å². The lowest BCUT2D eigenvalue weighted by molar-refractivity contribution is 1.31. The molecule has 2 aromatic carbocycles. The molecule has 0 aliphatic heterocycles. The van der Waals surface area contributed by atoms with Crippen molar-refractivity contribution >= 4 is 28.3 Å². The van der Waals surface area contributed by atoms with Gasteiger partial charge in [0.1, 0.15) is 11.3 Å². The zero-order valence-electron chi connectivity index (χ0n) is 9.87. The lowest BCUT2D eigenvalue weighted by Crippen LogP contribution is -1.87. The topological polar surface area (TPSA) is 54.7 Å². The Kier molecular flexibility index (Phi) is 2.49. The summed E-state index contributed by atoms with van der Waals surface area (Å²) in [7, 11) is 0. The summed E-state index contributed by atoms with van der Waals surface area (Å²) in [6.45, 7) is 1.98. The fourth-order valence-corrected chi connectivity index (χ4v) is 2.22. The van der Waals surface area contributed by atoms with E-state index >= 15 is 0 Å². The number of para-hydroxylation sites is 1. The van der Waals surface area contributed by atoms with Gasteiger partial charge in [0.25, 0.3) is 0 Å². The van der Waals surface area contributed by atoms with Gasteiger partial charge in [-0.15, -0.1) is 0 Å². The molecule has 1 heterocycles. The minimum absolute atomic E-state index is 0.676. The minimum atomic E-state index is 0.676. The maximum atomic E-state index is 6.13. The number of nitrogens with zero attached hydrogens (tertiary/aromatic N) is 1. The van der Waals surface area contributed by atoms with Gasteiger partial charge in [-0.25, -0.2) is 4.98 Å². The Morgan fingerprint density at radius 2 is 1.94 bits per heavy atom. The third kappa shape index (κ3) is 1.64. The van der Waals surface area contributed by atoms with Crippen LogP contribution >= 0.6 is 11.6 Å². The standard InChI is InChI=1S/C14H12ClN3/c1-8-9(4-2-5-10(8)15)14-17-12-7-3-6-11(16)13(12)18-14/h2-7H,16H2,1H3,(H,17,18). The molecule has 0 fully saturated rings. The molecule has 3 nitrogen and oxygen atoms in total. The molecule has 3 N–H and O–H groups in total. The smallest absolute Gasteiger partial charge is 0.138 e. The summed E-state index contributed by atoms with van der Waals surface area (Å²) < 4.78 is 0. The zero-order chi connectivity index (χ0) is 12.7. The van der Waals surface area contributed by atoms with Crippen molar-refractivity contribution in [3.8, 4) is 11.4 Å². The van der Waals surface area contributed by atoms with E-state index < -0.39 is 0 Å². The van der Waals surface area contributed by atoms with Crippen LogP contribution in [0, 0.1) is 6.92 Å². The summed E-state index contributed by atoms with van der Waals surface area (Å²) in [6.07, 6.45) is 0. The quantitative estimate of drug-likeness (QED) is 0.652. The molecule has 1 aromatic heterocycles. The molecule has 0 saturated heterocycles. The zero-order valence-corrected chi connectivity index (χ0v) is 10.6. The molecule has 0 atom stereocenters. The molecule has 90 valence electrons. The highest BCUT2D eigenvalue weighted by atomic mass is 35.5. The maximum Gasteiger partial charge on any atom is 0.138 e. The van der Waals surface area contributed by atoms with Gasteiger partial charge in [0.15, 0.2) is 0 Å². The molecule has 0 saturated carbocycles. The lowest BCUT2D eigenvalue weighted by Gasteiger charge is -2.03. The molecule has 0 unspecified atom stereocenters. The molecule has 0 amide bonds. The Morgan fingerprint density at radius 1 is 1.17 bits per heavy atom. The van der Waals surface area contributed by atoms with Gasteiger partial charge in [0, 0.05) is 10.6 Å². The summed E-state index contributed by atoms with van der Waals surface area (Å²) in [5.41, 5.74) is 10.3. The summed E-state index contributed by atoms with van der Waals surface area (Å²) in [4.78, 5) is 7.82. The van der Waals surface area contributed by atoms with E-state index in [2.05, 4.69) is 9.97 Å². The number of hydrogen-bond donors (Lipinski definition) is 2. The van der Waals surface area contributed by atoms with Crippen LogP contribution in [0.2, 0.25) is 5.02 Å². The number of H-pyrrole nitrogens is 1. The van der Waals surface area contributed by atoms with Gasteiger partial charge >= 0.3 is 0 Å². The molecule has 0 radical (unpaired) electrons. The number of nitrogens with two attached hydrogens (primary N) is 1. The molecule has 18 heavy (non-hydrogen) atoms. The number of nitrogen functional groups attached to an aromatic ring is 1. The number of halogens is 1. The van der Waals surface area contributed by atoms with Crippen molar-refractivity contribution < 1.29 is 0 Å². The molecule has 0 spiro atoms. The van der Waals surface area contributed by atoms with Gasteiger partial charge in [-0.05, 0) is 30.7 Å².